The molecule has 17 heavy (non-hydrogen) atoms. The first-order valence-corrected chi connectivity index (χ1v) is 5.93. The van der Waals surface area contributed by atoms with Crippen LogP contribution in [0.5, 0.6) is 5.75 Å². The molecule has 1 aliphatic rings. The largest absolute Gasteiger partial charge is 0.488 e. The summed E-state index contributed by atoms with van der Waals surface area (Å²) in [6, 6.07) is 4.84. The number of halogens is 1. The maximum Gasteiger partial charge on any atom is 0.165 e. The van der Waals surface area contributed by atoms with Crippen molar-refractivity contribution in [1.82, 2.24) is 0 Å². The molecule has 0 spiro atoms. The summed E-state index contributed by atoms with van der Waals surface area (Å²) in [5.74, 6) is -0.0335. The fraction of sp³-hybridized carbons (Fsp3) is 0.538. The van der Waals surface area contributed by atoms with Gasteiger partial charge in [0.05, 0.1) is 12.2 Å². The van der Waals surface area contributed by atoms with Crippen LogP contribution < -0.4 is 10.5 Å². The Kier molecular flexibility index (Phi) is 3.97. The summed E-state index contributed by atoms with van der Waals surface area (Å²) < 4.78 is 24.5. The van der Waals surface area contributed by atoms with Gasteiger partial charge in [-0.25, -0.2) is 4.39 Å². The summed E-state index contributed by atoms with van der Waals surface area (Å²) in [6.07, 6.45) is 2.05. The molecular weight excluding hydrogens is 221 g/mol. The van der Waals surface area contributed by atoms with Gasteiger partial charge in [0.25, 0.3) is 0 Å². The second-order valence-corrected chi connectivity index (χ2v) is 4.44. The van der Waals surface area contributed by atoms with Crippen LogP contribution in [0.25, 0.3) is 0 Å². The first kappa shape index (κ1) is 12.3. The van der Waals surface area contributed by atoms with Gasteiger partial charge in [-0.15, -0.1) is 0 Å². The zero-order chi connectivity index (χ0) is 12.3. The summed E-state index contributed by atoms with van der Waals surface area (Å²) in [5.41, 5.74) is 6.50. The molecule has 2 unspecified atom stereocenters. The highest BCUT2D eigenvalue weighted by Gasteiger charge is 2.24. The number of nitrogens with two attached hydrogens (primary N) is 1. The van der Waals surface area contributed by atoms with E-state index in [-0.39, 0.29) is 18.0 Å². The van der Waals surface area contributed by atoms with Crippen LogP contribution in [-0.4, -0.2) is 25.4 Å². The Morgan fingerprint density at radius 1 is 1.41 bits per heavy atom. The lowest BCUT2D eigenvalue weighted by Gasteiger charge is -2.14. The molecule has 4 heteroatoms. The topological polar surface area (TPSA) is 44.5 Å². The lowest BCUT2D eigenvalue weighted by atomic mass is 10.2. The average Bonchev–Trinajstić information content (AvgIpc) is 2.78. The Labute approximate surface area is 101 Å². The molecule has 0 amide bonds. The minimum absolute atomic E-state index is 0.0310. The highest BCUT2D eigenvalue weighted by Crippen LogP contribution is 2.22. The van der Waals surface area contributed by atoms with Crippen LogP contribution >= 0.6 is 0 Å². The molecule has 2 N–H and O–H groups in total. The van der Waals surface area contributed by atoms with E-state index >= 15 is 0 Å². The van der Waals surface area contributed by atoms with Crippen LogP contribution in [0.1, 0.15) is 18.4 Å². The van der Waals surface area contributed by atoms with Gasteiger partial charge in [-0.2, -0.15) is 0 Å². The molecule has 94 valence electrons. The average molecular weight is 239 g/mol. The molecule has 1 heterocycles. The molecular formula is C13H18FNO2. The molecule has 0 radical (unpaired) electrons. The second-order valence-electron chi connectivity index (χ2n) is 4.44. The molecule has 1 aromatic carbocycles. The normalized spacial score (nSPS) is 23.9. The summed E-state index contributed by atoms with van der Waals surface area (Å²) in [7, 11) is 0. The first-order chi connectivity index (χ1) is 8.19. The smallest absolute Gasteiger partial charge is 0.165 e. The van der Waals surface area contributed by atoms with Crippen molar-refractivity contribution in [3.8, 4) is 5.75 Å². The van der Waals surface area contributed by atoms with E-state index in [9.17, 15) is 4.39 Å². The van der Waals surface area contributed by atoms with E-state index < -0.39 is 0 Å². The van der Waals surface area contributed by atoms with Gasteiger partial charge in [-0.3, -0.25) is 0 Å². The molecule has 3 nitrogen and oxygen atoms in total. The molecule has 1 aromatic rings. The third-order valence-corrected chi connectivity index (χ3v) is 2.97. The monoisotopic (exact) mass is 239 g/mol. The van der Waals surface area contributed by atoms with Gasteiger partial charge in [0.15, 0.2) is 11.6 Å². The molecule has 0 saturated carbocycles. The van der Waals surface area contributed by atoms with Crippen molar-refractivity contribution in [2.24, 2.45) is 5.73 Å². The van der Waals surface area contributed by atoms with Gasteiger partial charge in [0.1, 0.15) is 6.61 Å². The minimum Gasteiger partial charge on any atom is -0.488 e. The van der Waals surface area contributed by atoms with Crippen LogP contribution in [0.2, 0.25) is 0 Å². The SMILES string of the molecule is Cc1ccc(F)c(OCC2CCC(CN)O2)c1. The number of benzene rings is 1. The predicted octanol–water partition coefficient (Wildman–Crippen LogP) is 2.02. The van der Waals surface area contributed by atoms with Gasteiger partial charge < -0.3 is 15.2 Å². The van der Waals surface area contributed by atoms with Crippen molar-refractivity contribution in [2.75, 3.05) is 13.2 Å². The lowest BCUT2D eigenvalue weighted by Crippen LogP contribution is -2.23. The highest BCUT2D eigenvalue weighted by atomic mass is 19.1. The Morgan fingerprint density at radius 3 is 2.88 bits per heavy atom. The van der Waals surface area contributed by atoms with Crippen molar-refractivity contribution in [3.05, 3.63) is 29.6 Å². The molecule has 0 bridgehead atoms. The van der Waals surface area contributed by atoms with Crippen LogP contribution in [0.15, 0.2) is 18.2 Å². The minimum atomic E-state index is -0.330. The van der Waals surface area contributed by atoms with E-state index in [1.807, 2.05) is 6.92 Å². The zero-order valence-electron chi connectivity index (χ0n) is 9.99. The number of ether oxygens (including phenoxy) is 2. The fourth-order valence-corrected chi connectivity index (χ4v) is 1.98. The quantitative estimate of drug-likeness (QED) is 0.874. The Hall–Kier alpha value is -1.13. The molecule has 0 aliphatic carbocycles. The van der Waals surface area contributed by atoms with E-state index in [0.29, 0.717) is 18.9 Å². The number of hydrogen-bond acceptors (Lipinski definition) is 3. The first-order valence-electron chi connectivity index (χ1n) is 5.93. The van der Waals surface area contributed by atoms with Gasteiger partial charge >= 0.3 is 0 Å². The van der Waals surface area contributed by atoms with Crippen LogP contribution in [0.4, 0.5) is 4.39 Å². The van der Waals surface area contributed by atoms with Gasteiger partial charge in [-0.05, 0) is 37.5 Å². The van der Waals surface area contributed by atoms with E-state index in [0.717, 1.165) is 18.4 Å². The Bertz CT molecular complexity index is 384. The fourth-order valence-electron chi connectivity index (χ4n) is 1.98. The Morgan fingerprint density at radius 2 is 2.18 bits per heavy atom. The van der Waals surface area contributed by atoms with Gasteiger partial charge in [0.2, 0.25) is 0 Å². The standard InChI is InChI=1S/C13H18FNO2/c1-9-2-5-12(14)13(6-9)16-8-11-4-3-10(7-15)17-11/h2,5-6,10-11H,3-4,7-8,15H2,1H3. The van der Waals surface area contributed by atoms with Crippen molar-refractivity contribution >= 4 is 0 Å². The third-order valence-electron chi connectivity index (χ3n) is 2.97. The van der Waals surface area contributed by atoms with E-state index in [4.69, 9.17) is 15.2 Å². The van der Waals surface area contributed by atoms with Crippen molar-refractivity contribution in [2.45, 2.75) is 32.0 Å². The number of aryl methyl sites for hydroxylation is 1. The molecule has 1 saturated heterocycles. The maximum atomic E-state index is 13.4. The molecule has 1 fully saturated rings. The molecule has 2 rings (SSSR count). The van der Waals surface area contributed by atoms with E-state index in [1.165, 1.54) is 6.07 Å². The summed E-state index contributed by atoms with van der Waals surface area (Å²) in [5, 5.41) is 0. The number of hydrogen-bond donors (Lipinski definition) is 1. The third kappa shape index (κ3) is 3.17. The Balaban J connectivity index is 1.88. The van der Waals surface area contributed by atoms with Crippen molar-refractivity contribution < 1.29 is 13.9 Å². The van der Waals surface area contributed by atoms with E-state index in [1.54, 1.807) is 12.1 Å². The van der Waals surface area contributed by atoms with Gasteiger partial charge in [-0.1, -0.05) is 6.07 Å². The summed E-state index contributed by atoms with van der Waals surface area (Å²) >= 11 is 0. The van der Waals surface area contributed by atoms with E-state index in [2.05, 4.69) is 0 Å². The van der Waals surface area contributed by atoms with Gasteiger partial charge in [0, 0.05) is 6.54 Å². The predicted molar refractivity (Wildman–Crippen MR) is 63.6 cm³/mol. The summed E-state index contributed by atoms with van der Waals surface area (Å²) in [4.78, 5) is 0. The maximum absolute atomic E-state index is 13.4. The molecule has 0 aromatic heterocycles. The van der Waals surface area contributed by atoms with Crippen molar-refractivity contribution in [3.63, 3.8) is 0 Å². The number of rotatable bonds is 4. The van der Waals surface area contributed by atoms with Crippen LogP contribution in [0, 0.1) is 12.7 Å². The highest BCUT2D eigenvalue weighted by molar-refractivity contribution is 5.29. The van der Waals surface area contributed by atoms with Crippen LogP contribution in [-0.2, 0) is 4.74 Å². The van der Waals surface area contributed by atoms with Crippen LogP contribution in [0.3, 0.4) is 0 Å². The zero-order valence-corrected chi connectivity index (χ0v) is 9.99. The molecule has 2 atom stereocenters. The molecule has 1 aliphatic heterocycles. The van der Waals surface area contributed by atoms with Crippen molar-refractivity contribution in [1.29, 1.82) is 0 Å². The summed E-state index contributed by atoms with van der Waals surface area (Å²) in [6.45, 7) is 2.83. The second kappa shape index (κ2) is 5.47. The lowest BCUT2D eigenvalue weighted by molar-refractivity contribution is 0.0214.